The summed E-state index contributed by atoms with van der Waals surface area (Å²) in [4.78, 5) is 10.8. The number of carboxylic acids is 1. The van der Waals surface area contributed by atoms with Gasteiger partial charge >= 0.3 is 5.97 Å². The summed E-state index contributed by atoms with van der Waals surface area (Å²) >= 11 is 0. The lowest BCUT2D eigenvalue weighted by molar-refractivity contribution is 0.0690. The minimum absolute atomic E-state index is 0.0287. The van der Waals surface area contributed by atoms with E-state index in [9.17, 15) is 4.79 Å². The molecule has 2 atom stereocenters. The van der Waals surface area contributed by atoms with Crippen molar-refractivity contribution in [1.82, 2.24) is 15.0 Å². The fraction of sp³-hybridized carbons (Fsp3) is 0.750. The van der Waals surface area contributed by atoms with Crippen LogP contribution in [0, 0.1) is 11.3 Å². The van der Waals surface area contributed by atoms with Gasteiger partial charge in [-0.1, -0.05) is 26.0 Å². The fourth-order valence-electron chi connectivity index (χ4n) is 3.05. The van der Waals surface area contributed by atoms with Crippen molar-refractivity contribution in [2.75, 3.05) is 0 Å². The molecule has 0 aromatic carbocycles. The summed E-state index contributed by atoms with van der Waals surface area (Å²) < 4.78 is 1.72. The highest BCUT2D eigenvalue weighted by atomic mass is 16.4. The highest BCUT2D eigenvalue weighted by molar-refractivity contribution is 5.84. The van der Waals surface area contributed by atoms with Crippen LogP contribution in [0.3, 0.4) is 0 Å². The average Bonchev–Trinajstić information content (AvgIpc) is 2.62. The second-order valence-corrected chi connectivity index (χ2v) is 5.96. The molecular formula is C12H19N3O2. The van der Waals surface area contributed by atoms with Gasteiger partial charge in [0.25, 0.3) is 0 Å². The molecule has 0 aliphatic heterocycles. The van der Waals surface area contributed by atoms with Crippen LogP contribution in [0.15, 0.2) is 6.20 Å². The maximum absolute atomic E-state index is 10.8. The molecule has 1 N–H and O–H groups in total. The van der Waals surface area contributed by atoms with E-state index in [0.29, 0.717) is 5.92 Å². The lowest BCUT2D eigenvalue weighted by Crippen LogP contribution is -2.29. The molecule has 1 aliphatic carbocycles. The molecule has 0 spiro atoms. The SMILES string of the molecule is C[C@H]1C[C@H](n2cc(C(=O)O)nn2)CC(C)(C)C1. The van der Waals surface area contributed by atoms with Crippen LogP contribution in [-0.4, -0.2) is 26.1 Å². The summed E-state index contributed by atoms with van der Waals surface area (Å²) in [5, 5.41) is 16.5. The summed E-state index contributed by atoms with van der Waals surface area (Å²) in [6.45, 7) is 6.75. The third kappa shape index (κ3) is 2.65. The van der Waals surface area contributed by atoms with Crippen LogP contribution < -0.4 is 0 Å². The summed E-state index contributed by atoms with van der Waals surface area (Å²) in [7, 11) is 0. The molecule has 1 heterocycles. The number of carbonyl (C=O) groups is 1. The minimum atomic E-state index is -1.01. The molecule has 0 unspecified atom stereocenters. The van der Waals surface area contributed by atoms with E-state index in [1.165, 1.54) is 6.42 Å². The van der Waals surface area contributed by atoms with Gasteiger partial charge in [-0.25, -0.2) is 9.48 Å². The Labute approximate surface area is 101 Å². The van der Waals surface area contributed by atoms with Gasteiger partial charge in [0.1, 0.15) is 0 Å². The molecule has 1 saturated carbocycles. The lowest BCUT2D eigenvalue weighted by Gasteiger charge is -2.38. The summed E-state index contributed by atoms with van der Waals surface area (Å²) in [5.41, 5.74) is 0.318. The molecule has 0 bridgehead atoms. The first-order chi connectivity index (χ1) is 7.87. The Morgan fingerprint density at radius 3 is 2.76 bits per heavy atom. The number of hydrogen-bond acceptors (Lipinski definition) is 3. The highest BCUT2D eigenvalue weighted by Crippen LogP contribution is 2.43. The monoisotopic (exact) mass is 237 g/mol. The van der Waals surface area contributed by atoms with Crippen molar-refractivity contribution in [2.24, 2.45) is 11.3 Å². The first-order valence-electron chi connectivity index (χ1n) is 6.02. The van der Waals surface area contributed by atoms with Crippen molar-refractivity contribution in [1.29, 1.82) is 0 Å². The zero-order valence-corrected chi connectivity index (χ0v) is 10.6. The van der Waals surface area contributed by atoms with Crippen LogP contribution in [0.5, 0.6) is 0 Å². The number of nitrogens with zero attached hydrogens (tertiary/aromatic N) is 3. The molecule has 5 heteroatoms. The van der Waals surface area contributed by atoms with Gasteiger partial charge in [0.2, 0.25) is 0 Å². The van der Waals surface area contributed by atoms with Crippen LogP contribution in [-0.2, 0) is 0 Å². The molecule has 94 valence electrons. The van der Waals surface area contributed by atoms with Crippen molar-refractivity contribution in [3.8, 4) is 0 Å². The quantitative estimate of drug-likeness (QED) is 0.857. The van der Waals surface area contributed by atoms with Gasteiger partial charge in [-0.3, -0.25) is 0 Å². The number of aromatic carboxylic acids is 1. The van der Waals surface area contributed by atoms with Crippen molar-refractivity contribution >= 4 is 5.97 Å². The molecule has 0 saturated heterocycles. The molecule has 0 radical (unpaired) electrons. The molecule has 1 aromatic rings. The van der Waals surface area contributed by atoms with Crippen LogP contribution in [0.4, 0.5) is 0 Å². The molecular weight excluding hydrogens is 218 g/mol. The van der Waals surface area contributed by atoms with E-state index in [1.54, 1.807) is 10.9 Å². The molecule has 1 aliphatic rings. The van der Waals surface area contributed by atoms with Gasteiger partial charge in [-0.05, 0) is 30.6 Å². The topological polar surface area (TPSA) is 68.0 Å². The van der Waals surface area contributed by atoms with Gasteiger partial charge in [-0.15, -0.1) is 5.10 Å². The van der Waals surface area contributed by atoms with E-state index < -0.39 is 5.97 Å². The zero-order chi connectivity index (χ0) is 12.6. The first kappa shape index (κ1) is 12.1. The van der Waals surface area contributed by atoms with E-state index in [2.05, 4.69) is 31.1 Å². The number of carboxylic acid groups (broad SMARTS) is 1. The maximum Gasteiger partial charge on any atom is 0.358 e. The van der Waals surface area contributed by atoms with Gasteiger partial charge in [0.05, 0.1) is 12.2 Å². The van der Waals surface area contributed by atoms with E-state index >= 15 is 0 Å². The summed E-state index contributed by atoms with van der Waals surface area (Å²) in [6, 6.07) is 0.273. The van der Waals surface area contributed by atoms with E-state index in [-0.39, 0.29) is 17.2 Å². The average molecular weight is 237 g/mol. The van der Waals surface area contributed by atoms with Crippen molar-refractivity contribution < 1.29 is 9.90 Å². The Hall–Kier alpha value is -1.39. The van der Waals surface area contributed by atoms with Gasteiger partial charge in [-0.2, -0.15) is 0 Å². The van der Waals surface area contributed by atoms with Crippen molar-refractivity contribution in [3.05, 3.63) is 11.9 Å². The smallest absolute Gasteiger partial charge is 0.358 e. The van der Waals surface area contributed by atoms with E-state index in [0.717, 1.165) is 12.8 Å². The molecule has 0 amide bonds. The third-order valence-corrected chi connectivity index (χ3v) is 3.47. The molecule has 1 fully saturated rings. The molecule has 17 heavy (non-hydrogen) atoms. The number of aromatic nitrogens is 3. The highest BCUT2D eigenvalue weighted by Gasteiger charge is 2.33. The lowest BCUT2D eigenvalue weighted by atomic mass is 9.71. The second-order valence-electron chi connectivity index (χ2n) is 5.96. The van der Waals surface area contributed by atoms with E-state index in [4.69, 9.17) is 5.11 Å². The molecule has 1 aromatic heterocycles. The summed E-state index contributed by atoms with van der Waals surface area (Å²) in [6.07, 6.45) is 4.83. The van der Waals surface area contributed by atoms with Gasteiger partial charge in [0, 0.05) is 0 Å². The van der Waals surface area contributed by atoms with Crippen LogP contribution >= 0.6 is 0 Å². The third-order valence-electron chi connectivity index (χ3n) is 3.47. The Morgan fingerprint density at radius 1 is 1.53 bits per heavy atom. The second kappa shape index (κ2) is 4.13. The van der Waals surface area contributed by atoms with Crippen LogP contribution in [0.1, 0.15) is 56.6 Å². The van der Waals surface area contributed by atoms with Crippen molar-refractivity contribution in [2.45, 2.75) is 46.1 Å². The summed E-state index contributed by atoms with van der Waals surface area (Å²) in [5.74, 6) is -0.374. The number of rotatable bonds is 2. The first-order valence-corrected chi connectivity index (χ1v) is 6.02. The zero-order valence-electron chi connectivity index (χ0n) is 10.6. The molecule has 2 rings (SSSR count). The van der Waals surface area contributed by atoms with Gasteiger partial charge in [0.15, 0.2) is 5.69 Å². The Bertz CT molecular complexity index is 425. The van der Waals surface area contributed by atoms with Crippen LogP contribution in [0.25, 0.3) is 0 Å². The standard InChI is InChI=1S/C12H19N3O2/c1-8-4-9(6-12(2,3)5-8)15-7-10(11(16)17)13-14-15/h7-9H,4-6H2,1-3H3,(H,16,17)/t8-,9-/m0/s1. The van der Waals surface area contributed by atoms with Gasteiger partial charge < -0.3 is 5.11 Å². The Balaban J connectivity index is 2.18. The fourth-order valence-corrected chi connectivity index (χ4v) is 3.05. The van der Waals surface area contributed by atoms with E-state index in [1.807, 2.05) is 0 Å². The predicted octanol–water partition coefficient (Wildman–Crippen LogP) is 2.36. The Kier molecular flexibility index (Phi) is 2.93. The minimum Gasteiger partial charge on any atom is -0.476 e. The predicted molar refractivity (Wildman–Crippen MR) is 62.8 cm³/mol. The van der Waals surface area contributed by atoms with Crippen LogP contribution in [0.2, 0.25) is 0 Å². The van der Waals surface area contributed by atoms with Crippen molar-refractivity contribution in [3.63, 3.8) is 0 Å². The normalized spacial score (nSPS) is 27.9. The molecule has 5 nitrogen and oxygen atoms in total. The largest absolute Gasteiger partial charge is 0.476 e. The maximum atomic E-state index is 10.8. The number of hydrogen-bond donors (Lipinski definition) is 1. The Morgan fingerprint density at radius 2 is 2.24 bits per heavy atom.